The number of terminal acetylenes is 3. The second-order valence-electron chi connectivity index (χ2n) is 3.52. The van der Waals surface area contributed by atoms with E-state index in [0.717, 1.165) is 0 Å². The molecule has 0 radical (unpaired) electrons. The number of carbonyl (C=O) groups is 1. The van der Waals surface area contributed by atoms with Crippen LogP contribution in [-0.2, 0) is 4.79 Å². The highest BCUT2D eigenvalue weighted by atomic mass is 16.1. The number of Topliss-reactive ketones (excluding diaryl/α,β-unsaturated/α-hetero) is 1. The van der Waals surface area contributed by atoms with Gasteiger partial charge in [0.15, 0.2) is 0 Å². The minimum absolute atomic E-state index is 0.0748. The van der Waals surface area contributed by atoms with Crippen molar-refractivity contribution in [1.82, 2.24) is 0 Å². The number of ketones is 1. The van der Waals surface area contributed by atoms with Crippen molar-refractivity contribution in [2.75, 3.05) is 0 Å². The van der Waals surface area contributed by atoms with E-state index in [1.807, 2.05) is 0 Å². The molecule has 0 rings (SSSR count). The highest BCUT2D eigenvalue weighted by molar-refractivity contribution is 5.76. The molecule has 0 saturated carbocycles. The molecule has 0 aliphatic heterocycles. The number of rotatable bonds is 5. The summed E-state index contributed by atoms with van der Waals surface area (Å²) in [5.41, 5.74) is -0.385. The number of hydrogen-bond acceptors (Lipinski definition) is 1. The van der Waals surface area contributed by atoms with Gasteiger partial charge in [-0.1, -0.05) is 0 Å². The van der Waals surface area contributed by atoms with E-state index in [-0.39, 0.29) is 11.2 Å². The normalized spacial score (nSPS) is 9.57. The average molecular weight is 186 g/mol. The smallest absolute Gasteiger partial charge is 0.130 e. The van der Waals surface area contributed by atoms with Gasteiger partial charge in [-0.05, 0) is 6.92 Å². The minimum Gasteiger partial charge on any atom is -0.300 e. The lowest BCUT2D eigenvalue weighted by Gasteiger charge is -2.26. The van der Waals surface area contributed by atoms with E-state index >= 15 is 0 Å². The first kappa shape index (κ1) is 12.3. The maximum Gasteiger partial charge on any atom is 0.130 e. The monoisotopic (exact) mass is 186 g/mol. The second-order valence-corrected chi connectivity index (χ2v) is 3.52. The van der Waals surface area contributed by atoms with Crippen LogP contribution in [0.15, 0.2) is 0 Å². The first-order valence-electron chi connectivity index (χ1n) is 4.40. The van der Waals surface area contributed by atoms with Gasteiger partial charge in [0, 0.05) is 31.1 Å². The first-order valence-corrected chi connectivity index (χ1v) is 4.40. The number of hydrogen-bond donors (Lipinski definition) is 0. The Morgan fingerprint density at radius 3 is 1.64 bits per heavy atom. The fraction of sp³-hybridized carbons (Fsp3) is 0.462. The average Bonchev–Trinajstić information content (AvgIpc) is 2.03. The molecule has 1 nitrogen and oxygen atoms in total. The highest BCUT2D eigenvalue weighted by Gasteiger charge is 2.29. The molecule has 0 saturated heterocycles. The molecule has 72 valence electrons. The molecule has 0 N–H and O–H groups in total. The van der Waals surface area contributed by atoms with Crippen molar-refractivity contribution in [3.05, 3.63) is 0 Å². The summed E-state index contributed by atoms with van der Waals surface area (Å²) in [5, 5.41) is 0. The quantitative estimate of drug-likeness (QED) is 0.600. The van der Waals surface area contributed by atoms with Gasteiger partial charge in [-0.25, -0.2) is 0 Å². The van der Waals surface area contributed by atoms with Gasteiger partial charge in [-0.2, -0.15) is 0 Å². The van der Waals surface area contributed by atoms with Gasteiger partial charge in [0.25, 0.3) is 0 Å². The van der Waals surface area contributed by atoms with Crippen molar-refractivity contribution >= 4 is 5.78 Å². The lowest BCUT2D eigenvalue weighted by atomic mass is 9.75. The summed E-state index contributed by atoms with van der Waals surface area (Å²) < 4.78 is 0. The Kier molecular flexibility index (Phi) is 5.21. The van der Waals surface area contributed by atoms with Gasteiger partial charge in [-0.15, -0.1) is 37.0 Å². The lowest BCUT2D eigenvalue weighted by Crippen LogP contribution is -2.22. The topological polar surface area (TPSA) is 17.1 Å². The zero-order chi connectivity index (χ0) is 11.0. The van der Waals surface area contributed by atoms with Gasteiger partial charge in [-0.3, -0.25) is 0 Å². The van der Waals surface area contributed by atoms with Gasteiger partial charge < -0.3 is 4.79 Å². The molecule has 1 heteroatoms. The molecule has 0 aliphatic rings. The molecule has 0 unspecified atom stereocenters. The summed E-state index contributed by atoms with van der Waals surface area (Å²) in [6.07, 6.45) is 17.5. The molecule has 0 amide bonds. The van der Waals surface area contributed by atoms with Crippen molar-refractivity contribution in [2.24, 2.45) is 5.41 Å². The van der Waals surface area contributed by atoms with E-state index in [2.05, 4.69) is 17.8 Å². The van der Waals surface area contributed by atoms with E-state index < -0.39 is 0 Å². The summed E-state index contributed by atoms with van der Waals surface area (Å²) >= 11 is 0. The van der Waals surface area contributed by atoms with E-state index in [0.29, 0.717) is 25.7 Å². The van der Waals surface area contributed by atoms with Crippen molar-refractivity contribution in [3.63, 3.8) is 0 Å². The first-order chi connectivity index (χ1) is 6.60. The molecule has 0 aliphatic carbocycles. The molecule has 0 aromatic carbocycles. The Hall–Kier alpha value is -1.65. The van der Waals surface area contributed by atoms with Crippen LogP contribution in [0.25, 0.3) is 0 Å². The van der Waals surface area contributed by atoms with E-state index in [4.69, 9.17) is 19.3 Å². The Morgan fingerprint density at radius 1 is 1.07 bits per heavy atom. The summed E-state index contributed by atoms with van der Waals surface area (Å²) in [5.74, 6) is 7.70. The largest absolute Gasteiger partial charge is 0.300 e. The molecule has 0 aromatic rings. The maximum atomic E-state index is 11.1. The van der Waals surface area contributed by atoms with Crippen LogP contribution in [0.1, 0.15) is 32.6 Å². The van der Waals surface area contributed by atoms with E-state index in [9.17, 15) is 4.79 Å². The Labute approximate surface area is 86.3 Å². The van der Waals surface area contributed by atoms with Gasteiger partial charge in [0.05, 0.1) is 0 Å². The van der Waals surface area contributed by atoms with Crippen molar-refractivity contribution < 1.29 is 4.79 Å². The molecule has 0 atom stereocenters. The zero-order valence-corrected chi connectivity index (χ0v) is 8.47. The van der Waals surface area contributed by atoms with Crippen LogP contribution in [0.4, 0.5) is 0 Å². The van der Waals surface area contributed by atoms with Crippen LogP contribution in [0.2, 0.25) is 0 Å². The third-order valence-corrected chi connectivity index (χ3v) is 2.06. The molecule has 14 heavy (non-hydrogen) atoms. The van der Waals surface area contributed by atoms with Crippen molar-refractivity contribution in [1.29, 1.82) is 0 Å². The lowest BCUT2D eigenvalue weighted by molar-refractivity contribution is -0.119. The Balaban J connectivity index is 4.77. The predicted octanol–water partition coefficient (Wildman–Crippen LogP) is 2.02. The molecular formula is C13H14O. The second kappa shape index (κ2) is 5.90. The minimum atomic E-state index is -0.385. The summed E-state index contributed by atoms with van der Waals surface area (Å²) in [6, 6.07) is 0. The van der Waals surface area contributed by atoms with Crippen LogP contribution in [-0.4, -0.2) is 5.78 Å². The SMILES string of the molecule is C#CCC(CC#C)(CC#C)CC(C)=O. The van der Waals surface area contributed by atoms with E-state index in [1.165, 1.54) is 6.92 Å². The third kappa shape index (κ3) is 3.84. The standard InChI is InChI=1S/C13H14O/c1-5-8-13(9-6-2,10-7-3)11-12(4)14/h1-3H,8-11H2,4H3. The third-order valence-electron chi connectivity index (χ3n) is 2.06. The summed E-state index contributed by atoms with van der Waals surface area (Å²) in [7, 11) is 0. The Morgan fingerprint density at radius 2 is 1.43 bits per heavy atom. The fourth-order valence-electron chi connectivity index (χ4n) is 1.55. The molecule has 0 spiro atoms. The summed E-state index contributed by atoms with van der Waals surface area (Å²) in [6.45, 7) is 1.53. The fourth-order valence-corrected chi connectivity index (χ4v) is 1.55. The molecule has 0 fully saturated rings. The molecule has 0 heterocycles. The van der Waals surface area contributed by atoms with Gasteiger partial charge in [0.2, 0.25) is 0 Å². The van der Waals surface area contributed by atoms with E-state index in [1.54, 1.807) is 0 Å². The van der Waals surface area contributed by atoms with Crippen molar-refractivity contribution in [3.8, 4) is 37.0 Å². The summed E-state index contributed by atoms with van der Waals surface area (Å²) in [4.78, 5) is 11.1. The van der Waals surface area contributed by atoms with Crippen LogP contribution < -0.4 is 0 Å². The van der Waals surface area contributed by atoms with Crippen molar-refractivity contribution in [2.45, 2.75) is 32.6 Å². The van der Waals surface area contributed by atoms with Crippen LogP contribution in [0, 0.1) is 42.4 Å². The van der Waals surface area contributed by atoms with Crippen LogP contribution >= 0.6 is 0 Å². The molecule has 0 bridgehead atoms. The van der Waals surface area contributed by atoms with Crippen LogP contribution in [0.5, 0.6) is 0 Å². The molecular weight excluding hydrogens is 172 g/mol. The molecule has 0 aromatic heterocycles. The predicted molar refractivity (Wildman–Crippen MR) is 58.1 cm³/mol. The maximum absolute atomic E-state index is 11.1. The highest BCUT2D eigenvalue weighted by Crippen LogP contribution is 2.34. The Bertz CT molecular complexity index is 276. The zero-order valence-electron chi connectivity index (χ0n) is 8.47. The van der Waals surface area contributed by atoms with Gasteiger partial charge in [0.1, 0.15) is 5.78 Å². The van der Waals surface area contributed by atoms with Crippen LogP contribution in [0.3, 0.4) is 0 Å². The number of carbonyl (C=O) groups excluding carboxylic acids is 1. The van der Waals surface area contributed by atoms with Gasteiger partial charge >= 0.3 is 0 Å².